The van der Waals surface area contributed by atoms with Crippen molar-refractivity contribution in [3.63, 3.8) is 0 Å². The molecule has 0 unspecified atom stereocenters. The molecule has 3 nitrogen and oxygen atoms in total. The summed E-state index contributed by atoms with van der Waals surface area (Å²) in [5, 5.41) is 0. The van der Waals surface area contributed by atoms with E-state index in [0.717, 1.165) is 0 Å². The summed E-state index contributed by atoms with van der Waals surface area (Å²) >= 11 is 0. The van der Waals surface area contributed by atoms with Gasteiger partial charge in [0, 0.05) is 0 Å². The average molecular weight is 204 g/mol. The van der Waals surface area contributed by atoms with Gasteiger partial charge in [-0.05, 0) is 38.5 Å². The largest absolute Gasteiger partial charge is 0.297 e. The number of carbonyl (C=O) groups excluding carboxylic acids is 3. The minimum absolute atomic E-state index is 0.0116. The van der Waals surface area contributed by atoms with Gasteiger partial charge in [-0.25, -0.2) is 0 Å². The van der Waals surface area contributed by atoms with Crippen LogP contribution in [0.4, 0.5) is 0 Å². The Morgan fingerprint density at radius 3 is 0.867 bits per heavy atom. The highest BCUT2D eigenvalue weighted by Gasteiger charge is 2.81. The molecular formula is C12H12O3. The molecule has 0 aromatic carbocycles. The Hall–Kier alpha value is -0.990. The average Bonchev–Trinajstić information content (AvgIpc) is 3.17. The normalized spacial score (nSPS) is 36.4. The van der Waals surface area contributed by atoms with E-state index in [-0.39, 0.29) is 17.3 Å². The molecule has 78 valence electrons. The molecule has 3 spiro atoms. The first kappa shape index (κ1) is 8.20. The summed E-state index contributed by atoms with van der Waals surface area (Å²) < 4.78 is 0. The number of rotatable bonds is 0. The lowest BCUT2D eigenvalue weighted by Crippen LogP contribution is -2.52. The maximum atomic E-state index is 12.2. The van der Waals surface area contributed by atoms with E-state index < -0.39 is 16.2 Å². The molecule has 0 saturated heterocycles. The van der Waals surface area contributed by atoms with Crippen molar-refractivity contribution in [2.75, 3.05) is 0 Å². The Morgan fingerprint density at radius 1 is 0.533 bits per heavy atom. The fraction of sp³-hybridized carbons (Fsp3) is 0.750. The van der Waals surface area contributed by atoms with Crippen LogP contribution < -0.4 is 0 Å². The lowest BCUT2D eigenvalue weighted by atomic mass is 9.66. The lowest BCUT2D eigenvalue weighted by Gasteiger charge is -2.31. The van der Waals surface area contributed by atoms with Crippen LogP contribution in [0.2, 0.25) is 0 Å². The molecule has 0 N–H and O–H groups in total. The van der Waals surface area contributed by atoms with E-state index in [1.54, 1.807) is 0 Å². The van der Waals surface area contributed by atoms with Gasteiger partial charge in [-0.15, -0.1) is 0 Å². The zero-order valence-corrected chi connectivity index (χ0v) is 8.47. The van der Waals surface area contributed by atoms with Crippen LogP contribution in [0, 0.1) is 16.2 Å². The fourth-order valence-corrected chi connectivity index (χ4v) is 3.42. The number of ketones is 3. The summed E-state index contributed by atoms with van der Waals surface area (Å²) in [6, 6.07) is 0. The van der Waals surface area contributed by atoms with Gasteiger partial charge in [0.25, 0.3) is 0 Å². The molecule has 0 atom stereocenters. The first-order chi connectivity index (χ1) is 7.09. The summed E-state index contributed by atoms with van der Waals surface area (Å²) in [4.78, 5) is 36.6. The van der Waals surface area contributed by atoms with Crippen molar-refractivity contribution in [3.8, 4) is 0 Å². The maximum Gasteiger partial charge on any atom is 0.159 e. The summed E-state index contributed by atoms with van der Waals surface area (Å²) in [5.41, 5.74) is -2.04. The minimum Gasteiger partial charge on any atom is -0.297 e. The van der Waals surface area contributed by atoms with Crippen LogP contribution in [0.5, 0.6) is 0 Å². The second-order valence-corrected chi connectivity index (χ2v) is 5.73. The molecule has 4 fully saturated rings. The van der Waals surface area contributed by atoms with Gasteiger partial charge in [0.05, 0.1) is 16.2 Å². The van der Waals surface area contributed by atoms with E-state index in [1.165, 1.54) is 0 Å². The quantitative estimate of drug-likeness (QED) is 0.554. The topological polar surface area (TPSA) is 51.2 Å². The van der Waals surface area contributed by atoms with E-state index in [0.29, 0.717) is 38.5 Å². The molecule has 4 aliphatic rings. The van der Waals surface area contributed by atoms with Crippen molar-refractivity contribution in [2.24, 2.45) is 16.2 Å². The van der Waals surface area contributed by atoms with E-state index in [2.05, 4.69) is 0 Å². The van der Waals surface area contributed by atoms with Gasteiger partial charge in [0.1, 0.15) is 0 Å². The molecule has 0 bridgehead atoms. The lowest BCUT2D eigenvalue weighted by molar-refractivity contribution is -0.154. The predicted molar refractivity (Wildman–Crippen MR) is 50.0 cm³/mol. The van der Waals surface area contributed by atoms with Gasteiger partial charge in [-0.1, -0.05) is 0 Å². The third kappa shape index (κ3) is 0.631. The van der Waals surface area contributed by atoms with Crippen LogP contribution in [-0.2, 0) is 14.4 Å². The second kappa shape index (κ2) is 1.83. The molecule has 15 heavy (non-hydrogen) atoms. The standard InChI is InChI=1S/C12H12O3/c13-7-10(1-2-10)8(14)12(5-6-12)9(15)11(7)3-4-11/h1-6H2. The molecule has 4 saturated carbocycles. The van der Waals surface area contributed by atoms with Crippen molar-refractivity contribution >= 4 is 17.3 Å². The van der Waals surface area contributed by atoms with E-state index in [1.807, 2.05) is 0 Å². The van der Waals surface area contributed by atoms with Crippen molar-refractivity contribution < 1.29 is 14.4 Å². The molecule has 0 aliphatic heterocycles. The van der Waals surface area contributed by atoms with Gasteiger partial charge in [-0.2, -0.15) is 0 Å². The Kier molecular flexibility index (Phi) is 1.00. The Morgan fingerprint density at radius 2 is 0.733 bits per heavy atom. The molecule has 3 heteroatoms. The van der Waals surface area contributed by atoms with Gasteiger partial charge >= 0.3 is 0 Å². The minimum atomic E-state index is -0.680. The monoisotopic (exact) mass is 204 g/mol. The summed E-state index contributed by atoms with van der Waals surface area (Å²) in [5.74, 6) is -0.0347. The Balaban J connectivity index is 1.92. The first-order valence-electron chi connectivity index (χ1n) is 5.73. The third-order valence-corrected chi connectivity index (χ3v) is 4.86. The van der Waals surface area contributed by atoms with Crippen LogP contribution >= 0.6 is 0 Å². The third-order valence-electron chi connectivity index (χ3n) is 4.86. The molecular weight excluding hydrogens is 192 g/mol. The van der Waals surface area contributed by atoms with Crippen molar-refractivity contribution in [1.29, 1.82) is 0 Å². The van der Waals surface area contributed by atoms with Crippen LogP contribution in [0.15, 0.2) is 0 Å². The van der Waals surface area contributed by atoms with E-state index in [9.17, 15) is 14.4 Å². The number of hydrogen-bond donors (Lipinski definition) is 0. The maximum absolute atomic E-state index is 12.2. The van der Waals surface area contributed by atoms with Crippen molar-refractivity contribution in [3.05, 3.63) is 0 Å². The molecule has 4 rings (SSSR count). The molecule has 0 aromatic heterocycles. The van der Waals surface area contributed by atoms with Crippen LogP contribution in [0.3, 0.4) is 0 Å². The van der Waals surface area contributed by atoms with Crippen molar-refractivity contribution in [2.45, 2.75) is 38.5 Å². The zero-order valence-electron chi connectivity index (χ0n) is 8.47. The fourth-order valence-electron chi connectivity index (χ4n) is 3.42. The van der Waals surface area contributed by atoms with Gasteiger partial charge in [0.2, 0.25) is 0 Å². The zero-order chi connectivity index (χ0) is 10.5. The highest BCUT2D eigenvalue weighted by Crippen LogP contribution is 2.71. The molecule has 0 radical (unpaired) electrons. The Bertz CT molecular complexity index is 343. The van der Waals surface area contributed by atoms with Crippen LogP contribution in [-0.4, -0.2) is 17.3 Å². The molecule has 0 amide bonds. The van der Waals surface area contributed by atoms with Gasteiger partial charge in [0.15, 0.2) is 17.3 Å². The SMILES string of the molecule is O=C1C2(CC2)C(=O)C2(CC2)C(=O)C12CC2. The number of Topliss-reactive ketones (excluding diaryl/α,β-unsaturated/α-hetero) is 3. The smallest absolute Gasteiger partial charge is 0.159 e. The van der Waals surface area contributed by atoms with Crippen molar-refractivity contribution in [1.82, 2.24) is 0 Å². The van der Waals surface area contributed by atoms with Gasteiger partial charge in [-0.3, -0.25) is 14.4 Å². The van der Waals surface area contributed by atoms with Crippen LogP contribution in [0.1, 0.15) is 38.5 Å². The first-order valence-corrected chi connectivity index (χ1v) is 5.73. The highest BCUT2D eigenvalue weighted by molar-refractivity contribution is 6.34. The van der Waals surface area contributed by atoms with E-state index >= 15 is 0 Å². The van der Waals surface area contributed by atoms with Gasteiger partial charge < -0.3 is 0 Å². The summed E-state index contributed by atoms with van der Waals surface area (Å²) in [6.45, 7) is 0. The highest BCUT2D eigenvalue weighted by atomic mass is 16.2. The number of hydrogen-bond acceptors (Lipinski definition) is 3. The predicted octanol–water partition coefficient (Wildman–Crippen LogP) is 1.05. The number of carbonyl (C=O) groups is 3. The second-order valence-electron chi connectivity index (χ2n) is 5.73. The van der Waals surface area contributed by atoms with Crippen LogP contribution in [0.25, 0.3) is 0 Å². The molecule has 0 heterocycles. The molecule has 4 aliphatic carbocycles. The van der Waals surface area contributed by atoms with E-state index in [4.69, 9.17) is 0 Å². The summed E-state index contributed by atoms with van der Waals surface area (Å²) in [7, 11) is 0. The summed E-state index contributed by atoms with van der Waals surface area (Å²) in [6.07, 6.45) is 4.26. The molecule has 0 aromatic rings. The Labute approximate surface area is 87.2 Å².